The molecule has 8 heteroatoms. The number of nitrogens with one attached hydrogen (secondary N) is 2. The smallest absolute Gasteiger partial charge is 0.326 e. The summed E-state index contributed by atoms with van der Waals surface area (Å²) in [6.07, 6.45) is 7.02. The van der Waals surface area contributed by atoms with Crippen molar-refractivity contribution in [1.82, 2.24) is 24.6 Å². The van der Waals surface area contributed by atoms with Gasteiger partial charge < -0.3 is 15.0 Å². The molecule has 1 amide bonds. The van der Waals surface area contributed by atoms with Gasteiger partial charge in [-0.2, -0.15) is 5.10 Å². The van der Waals surface area contributed by atoms with E-state index in [4.69, 9.17) is 0 Å². The van der Waals surface area contributed by atoms with Crippen molar-refractivity contribution in [3.63, 3.8) is 0 Å². The third kappa shape index (κ3) is 3.60. The highest BCUT2D eigenvalue weighted by atomic mass is 16.3. The normalized spacial score (nSPS) is 19.8. The Hall–Kier alpha value is -2.87. The van der Waals surface area contributed by atoms with Crippen molar-refractivity contribution in [3.05, 3.63) is 52.2 Å². The van der Waals surface area contributed by atoms with Gasteiger partial charge in [-0.05, 0) is 55.9 Å². The minimum absolute atomic E-state index is 0.0835. The summed E-state index contributed by atoms with van der Waals surface area (Å²) in [5.74, 6) is -0.0835. The summed E-state index contributed by atoms with van der Waals surface area (Å²) >= 11 is 0. The van der Waals surface area contributed by atoms with E-state index in [9.17, 15) is 14.7 Å². The lowest BCUT2D eigenvalue weighted by atomic mass is 9.93. The fourth-order valence-electron chi connectivity index (χ4n) is 3.98. The first-order chi connectivity index (χ1) is 13.5. The number of benzene rings is 1. The second-order valence-electron chi connectivity index (χ2n) is 7.58. The third-order valence-corrected chi connectivity index (χ3v) is 5.63. The van der Waals surface area contributed by atoms with Crippen LogP contribution < -0.4 is 5.69 Å². The van der Waals surface area contributed by atoms with E-state index in [1.54, 1.807) is 34.8 Å². The zero-order valence-corrected chi connectivity index (χ0v) is 15.9. The highest BCUT2D eigenvalue weighted by Crippen LogP contribution is 2.30. The molecule has 3 N–H and O–H groups in total. The summed E-state index contributed by atoms with van der Waals surface area (Å²) in [5, 5.41) is 16.4. The average molecular weight is 383 g/mol. The number of hydrogen-bond acceptors (Lipinski definition) is 4. The van der Waals surface area contributed by atoms with Gasteiger partial charge in [0.15, 0.2) is 0 Å². The van der Waals surface area contributed by atoms with Gasteiger partial charge in [0.2, 0.25) is 0 Å². The maximum atomic E-state index is 12.8. The van der Waals surface area contributed by atoms with Crippen molar-refractivity contribution in [1.29, 1.82) is 0 Å². The first-order valence-electron chi connectivity index (χ1n) is 9.68. The van der Waals surface area contributed by atoms with Crippen LogP contribution in [-0.4, -0.2) is 55.4 Å². The molecule has 2 heterocycles. The van der Waals surface area contributed by atoms with Crippen LogP contribution in [0.3, 0.4) is 0 Å². The van der Waals surface area contributed by atoms with Gasteiger partial charge in [0.05, 0.1) is 23.3 Å². The molecule has 0 bridgehead atoms. The molecule has 1 aliphatic rings. The molecule has 28 heavy (non-hydrogen) atoms. The SMILES string of the molecule is CN(CCc1cn[nH]c1)C(=O)c1ccc2c(c1)[nH]c(=O)n2C1CCC(O)CC1. The third-order valence-electron chi connectivity index (χ3n) is 5.63. The lowest BCUT2D eigenvalue weighted by Crippen LogP contribution is -2.28. The predicted octanol–water partition coefficient (Wildman–Crippen LogP) is 1.84. The van der Waals surface area contributed by atoms with Crippen LogP contribution in [0.4, 0.5) is 0 Å². The lowest BCUT2D eigenvalue weighted by molar-refractivity contribution is 0.0796. The number of likely N-dealkylation sites (N-methyl/N-ethyl adjacent to an activating group) is 1. The van der Waals surface area contributed by atoms with Crippen LogP contribution in [0.2, 0.25) is 0 Å². The molecule has 1 aliphatic carbocycles. The van der Waals surface area contributed by atoms with Crippen molar-refractivity contribution >= 4 is 16.9 Å². The van der Waals surface area contributed by atoms with E-state index in [0.717, 1.165) is 30.3 Å². The summed E-state index contributed by atoms with van der Waals surface area (Å²) in [5.41, 5.74) is 2.92. The second-order valence-corrected chi connectivity index (χ2v) is 7.58. The second kappa shape index (κ2) is 7.63. The highest BCUT2D eigenvalue weighted by Gasteiger charge is 2.24. The van der Waals surface area contributed by atoms with Gasteiger partial charge in [-0.1, -0.05) is 0 Å². The van der Waals surface area contributed by atoms with Gasteiger partial charge in [-0.3, -0.25) is 14.5 Å². The number of nitrogens with zero attached hydrogens (tertiary/aromatic N) is 3. The number of aliphatic hydroxyl groups excluding tert-OH is 1. The molecule has 8 nitrogen and oxygen atoms in total. The molecule has 0 spiro atoms. The predicted molar refractivity (Wildman–Crippen MR) is 105 cm³/mol. The molecule has 3 aromatic rings. The van der Waals surface area contributed by atoms with Gasteiger partial charge in [0, 0.05) is 31.4 Å². The number of rotatable bonds is 5. The molecule has 4 rings (SSSR count). The maximum Gasteiger partial charge on any atom is 0.326 e. The first kappa shape index (κ1) is 18.5. The number of amides is 1. The number of carbonyl (C=O) groups excluding carboxylic acids is 1. The van der Waals surface area contributed by atoms with Gasteiger partial charge in [0.25, 0.3) is 5.91 Å². The van der Waals surface area contributed by atoms with Crippen molar-refractivity contribution < 1.29 is 9.90 Å². The van der Waals surface area contributed by atoms with Gasteiger partial charge in [-0.15, -0.1) is 0 Å². The molecule has 148 valence electrons. The molecule has 1 fully saturated rings. The Kier molecular flexibility index (Phi) is 5.04. The molecule has 0 saturated heterocycles. The molecule has 1 saturated carbocycles. The summed E-state index contributed by atoms with van der Waals surface area (Å²) < 4.78 is 1.78. The van der Waals surface area contributed by atoms with Crippen molar-refractivity contribution in [2.24, 2.45) is 0 Å². The minimum Gasteiger partial charge on any atom is -0.393 e. The Morgan fingerprint density at radius 2 is 2.11 bits per heavy atom. The van der Waals surface area contributed by atoms with Gasteiger partial charge >= 0.3 is 5.69 Å². The summed E-state index contributed by atoms with van der Waals surface area (Å²) in [7, 11) is 1.77. The number of imidazole rings is 1. The van der Waals surface area contributed by atoms with Gasteiger partial charge in [0.1, 0.15) is 0 Å². The van der Waals surface area contributed by atoms with Crippen LogP contribution in [0.15, 0.2) is 35.4 Å². The van der Waals surface area contributed by atoms with Crippen LogP contribution in [0, 0.1) is 0 Å². The molecule has 0 atom stereocenters. The minimum atomic E-state index is -0.265. The number of aromatic amines is 2. The molecule has 0 unspecified atom stereocenters. The number of aromatic nitrogens is 4. The Morgan fingerprint density at radius 3 is 2.82 bits per heavy atom. The number of carbonyl (C=O) groups is 1. The summed E-state index contributed by atoms with van der Waals surface area (Å²) in [6.45, 7) is 0.582. The van der Waals surface area contributed by atoms with E-state index in [0.29, 0.717) is 30.5 Å². The average Bonchev–Trinajstić information content (AvgIpc) is 3.32. The Balaban J connectivity index is 1.53. The number of fused-ring (bicyclic) bond motifs is 1. The van der Waals surface area contributed by atoms with Crippen LogP contribution in [0.25, 0.3) is 11.0 Å². The Morgan fingerprint density at radius 1 is 1.32 bits per heavy atom. The molecular weight excluding hydrogens is 358 g/mol. The van der Waals surface area contributed by atoms with E-state index in [1.165, 1.54) is 0 Å². The van der Waals surface area contributed by atoms with Crippen LogP contribution >= 0.6 is 0 Å². The van der Waals surface area contributed by atoms with E-state index in [-0.39, 0.29) is 23.7 Å². The summed E-state index contributed by atoms with van der Waals surface area (Å²) in [4.78, 5) is 29.8. The fraction of sp³-hybridized carbons (Fsp3) is 0.450. The quantitative estimate of drug-likeness (QED) is 0.625. The van der Waals surface area contributed by atoms with E-state index >= 15 is 0 Å². The number of H-pyrrole nitrogens is 2. The molecule has 0 aliphatic heterocycles. The Labute approximate surface area is 162 Å². The van der Waals surface area contributed by atoms with E-state index < -0.39 is 0 Å². The zero-order chi connectivity index (χ0) is 19.7. The monoisotopic (exact) mass is 383 g/mol. The molecular formula is C20H25N5O3. The standard InChI is InChI=1S/C20H25N5O3/c1-24(9-8-13-11-21-22-12-13)19(27)14-2-7-18-17(10-14)23-20(28)25(18)15-3-5-16(26)6-4-15/h2,7,10-12,15-16,26H,3-6,8-9H2,1H3,(H,21,22)(H,23,28). The van der Waals surface area contributed by atoms with Crippen LogP contribution in [0.1, 0.15) is 47.6 Å². The molecule has 0 radical (unpaired) electrons. The lowest BCUT2D eigenvalue weighted by Gasteiger charge is -2.26. The number of aliphatic hydroxyl groups is 1. The topological polar surface area (TPSA) is 107 Å². The Bertz CT molecular complexity index is 1010. The van der Waals surface area contributed by atoms with E-state index in [2.05, 4.69) is 15.2 Å². The summed E-state index contributed by atoms with van der Waals surface area (Å²) in [6, 6.07) is 5.46. The van der Waals surface area contributed by atoms with Crippen LogP contribution in [-0.2, 0) is 6.42 Å². The van der Waals surface area contributed by atoms with Crippen LogP contribution in [0.5, 0.6) is 0 Å². The highest BCUT2D eigenvalue weighted by molar-refractivity contribution is 5.97. The molecule has 2 aromatic heterocycles. The fourth-order valence-corrected chi connectivity index (χ4v) is 3.98. The van der Waals surface area contributed by atoms with Crippen molar-refractivity contribution in [2.75, 3.05) is 13.6 Å². The maximum absolute atomic E-state index is 12.8. The van der Waals surface area contributed by atoms with Crippen molar-refractivity contribution in [2.45, 2.75) is 44.2 Å². The number of hydrogen-bond donors (Lipinski definition) is 3. The molecule has 1 aromatic carbocycles. The van der Waals surface area contributed by atoms with Gasteiger partial charge in [-0.25, -0.2) is 4.79 Å². The van der Waals surface area contributed by atoms with E-state index in [1.807, 2.05) is 12.3 Å². The zero-order valence-electron chi connectivity index (χ0n) is 15.9. The van der Waals surface area contributed by atoms with Crippen molar-refractivity contribution in [3.8, 4) is 0 Å². The largest absolute Gasteiger partial charge is 0.393 e. The first-order valence-corrected chi connectivity index (χ1v) is 9.68.